The van der Waals surface area contributed by atoms with Crippen molar-refractivity contribution in [2.24, 2.45) is 17.7 Å². The highest BCUT2D eigenvalue weighted by molar-refractivity contribution is 5.37. The Hall–Kier alpha value is -1.06. The second kappa shape index (κ2) is 6.80. The third-order valence-electron chi connectivity index (χ3n) is 5.38. The van der Waals surface area contributed by atoms with Crippen molar-refractivity contribution in [2.45, 2.75) is 57.4 Å². The van der Waals surface area contributed by atoms with Gasteiger partial charge in [-0.05, 0) is 55.1 Å². The summed E-state index contributed by atoms with van der Waals surface area (Å²) in [4.78, 5) is 0. The predicted octanol–water partition coefficient (Wildman–Crippen LogP) is 3.60. The number of hydrogen-bond donors (Lipinski definition) is 2. The van der Waals surface area contributed by atoms with Gasteiger partial charge in [0.05, 0.1) is 6.61 Å². The summed E-state index contributed by atoms with van der Waals surface area (Å²) < 4.78 is 5.78. The molecule has 1 aliphatic heterocycles. The number of hydrazine groups is 1. The number of ether oxygens (including phenoxy) is 1. The molecule has 1 aromatic carbocycles. The van der Waals surface area contributed by atoms with Crippen LogP contribution in [0.3, 0.4) is 0 Å². The molecule has 0 radical (unpaired) electrons. The first-order valence-corrected chi connectivity index (χ1v) is 8.45. The van der Waals surface area contributed by atoms with Crippen molar-refractivity contribution < 1.29 is 4.74 Å². The largest absolute Gasteiger partial charge is 0.493 e. The Balaban J connectivity index is 1.70. The quantitative estimate of drug-likeness (QED) is 0.657. The van der Waals surface area contributed by atoms with Crippen LogP contribution >= 0.6 is 0 Å². The molecular formula is C18H28N2O. The van der Waals surface area contributed by atoms with Crippen LogP contribution in [-0.2, 0) is 0 Å². The number of para-hydroxylation sites is 1. The fourth-order valence-electron chi connectivity index (χ4n) is 4.21. The van der Waals surface area contributed by atoms with Gasteiger partial charge in [-0.3, -0.25) is 11.3 Å². The summed E-state index contributed by atoms with van der Waals surface area (Å²) in [6.45, 7) is 3.21. The Bertz CT molecular complexity index is 462. The Morgan fingerprint density at radius 3 is 2.95 bits per heavy atom. The van der Waals surface area contributed by atoms with Gasteiger partial charge in [0.15, 0.2) is 0 Å². The van der Waals surface area contributed by atoms with Gasteiger partial charge in [0.1, 0.15) is 5.75 Å². The molecule has 1 saturated carbocycles. The van der Waals surface area contributed by atoms with Crippen molar-refractivity contribution >= 4 is 0 Å². The SMILES string of the molecule is CC1CCCC(C(CC2CCOc3ccccc32)NN)C1. The van der Waals surface area contributed by atoms with Crippen molar-refractivity contribution in [2.75, 3.05) is 6.61 Å². The van der Waals surface area contributed by atoms with Crippen molar-refractivity contribution in [3.8, 4) is 5.75 Å². The van der Waals surface area contributed by atoms with Gasteiger partial charge in [-0.25, -0.2) is 0 Å². The summed E-state index contributed by atoms with van der Waals surface area (Å²) in [6, 6.07) is 8.92. The molecule has 1 aliphatic carbocycles. The van der Waals surface area contributed by atoms with Gasteiger partial charge in [0.25, 0.3) is 0 Å². The fourth-order valence-corrected chi connectivity index (χ4v) is 4.21. The predicted molar refractivity (Wildman–Crippen MR) is 86.1 cm³/mol. The van der Waals surface area contributed by atoms with E-state index in [1.54, 1.807) is 0 Å². The minimum Gasteiger partial charge on any atom is -0.493 e. The van der Waals surface area contributed by atoms with E-state index in [2.05, 4.69) is 36.6 Å². The molecule has 21 heavy (non-hydrogen) atoms. The summed E-state index contributed by atoms with van der Waals surface area (Å²) >= 11 is 0. The minimum atomic E-state index is 0.434. The molecule has 3 N–H and O–H groups in total. The average molecular weight is 288 g/mol. The highest BCUT2D eigenvalue weighted by Crippen LogP contribution is 2.39. The maximum absolute atomic E-state index is 5.90. The lowest BCUT2D eigenvalue weighted by Crippen LogP contribution is -2.43. The molecule has 1 fully saturated rings. The van der Waals surface area contributed by atoms with Gasteiger partial charge >= 0.3 is 0 Å². The van der Waals surface area contributed by atoms with Crippen LogP contribution in [0, 0.1) is 11.8 Å². The zero-order chi connectivity index (χ0) is 14.7. The topological polar surface area (TPSA) is 47.3 Å². The lowest BCUT2D eigenvalue weighted by atomic mass is 9.75. The number of fused-ring (bicyclic) bond motifs is 1. The lowest BCUT2D eigenvalue weighted by Gasteiger charge is -2.36. The third-order valence-corrected chi connectivity index (χ3v) is 5.38. The minimum absolute atomic E-state index is 0.434. The third kappa shape index (κ3) is 3.41. The van der Waals surface area contributed by atoms with Crippen LogP contribution in [0.5, 0.6) is 5.75 Å². The maximum Gasteiger partial charge on any atom is 0.122 e. The zero-order valence-electron chi connectivity index (χ0n) is 13.1. The molecule has 0 amide bonds. The van der Waals surface area contributed by atoms with E-state index >= 15 is 0 Å². The van der Waals surface area contributed by atoms with E-state index in [0.29, 0.717) is 12.0 Å². The lowest BCUT2D eigenvalue weighted by molar-refractivity contribution is 0.194. The molecule has 116 valence electrons. The average Bonchev–Trinajstić information content (AvgIpc) is 2.52. The second-order valence-electron chi connectivity index (χ2n) is 6.91. The van der Waals surface area contributed by atoms with Gasteiger partial charge < -0.3 is 4.74 Å². The summed E-state index contributed by atoms with van der Waals surface area (Å²) in [5.74, 6) is 9.13. The molecule has 0 bridgehead atoms. The van der Waals surface area contributed by atoms with Crippen LogP contribution < -0.4 is 16.0 Å². The van der Waals surface area contributed by atoms with Crippen molar-refractivity contribution in [3.63, 3.8) is 0 Å². The highest BCUT2D eigenvalue weighted by atomic mass is 16.5. The number of rotatable bonds is 4. The second-order valence-corrected chi connectivity index (χ2v) is 6.91. The molecule has 0 saturated heterocycles. The Kier molecular flexibility index (Phi) is 4.81. The summed E-state index contributed by atoms with van der Waals surface area (Å²) in [6.07, 6.45) is 7.62. The molecule has 3 heteroatoms. The first-order valence-electron chi connectivity index (χ1n) is 8.45. The number of hydrogen-bond acceptors (Lipinski definition) is 3. The molecule has 4 unspecified atom stereocenters. The van der Waals surface area contributed by atoms with Crippen LogP contribution in [0.2, 0.25) is 0 Å². The van der Waals surface area contributed by atoms with E-state index in [4.69, 9.17) is 10.6 Å². The molecule has 1 aromatic rings. The molecule has 4 atom stereocenters. The highest BCUT2D eigenvalue weighted by Gasteiger charge is 2.30. The molecule has 1 heterocycles. The van der Waals surface area contributed by atoms with E-state index < -0.39 is 0 Å². The van der Waals surface area contributed by atoms with E-state index in [1.165, 1.54) is 31.2 Å². The number of nitrogens with two attached hydrogens (primary N) is 1. The molecular weight excluding hydrogens is 260 g/mol. The van der Waals surface area contributed by atoms with E-state index in [9.17, 15) is 0 Å². The van der Waals surface area contributed by atoms with Crippen molar-refractivity contribution in [1.29, 1.82) is 0 Å². The first kappa shape index (κ1) is 14.9. The molecule has 2 aliphatic rings. The van der Waals surface area contributed by atoms with Gasteiger partial charge in [0.2, 0.25) is 0 Å². The maximum atomic E-state index is 5.90. The van der Waals surface area contributed by atoms with E-state index in [1.807, 2.05) is 0 Å². The van der Waals surface area contributed by atoms with Gasteiger partial charge in [-0.2, -0.15) is 0 Å². The Morgan fingerprint density at radius 1 is 1.29 bits per heavy atom. The monoisotopic (exact) mass is 288 g/mol. The first-order chi connectivity index (χ1) is 10.3. The van der Waals surface area contributed by atoms with E-state index in [-0.39, 0.29) is 0 Å². The molecule has 0 aromatic heterocycles. The van der Waals surface area contributed by atoms with Crippen LogP contribution in [0.1, 0.15) is 56.9 Å². The normalized spacial score (nSPS) is 30.3. The number of benzene rings is 1. The molecule has 3 nitrogen and oxygen atoms in total. The Labute approximate surface area is 128 Å². The zero-order valence-corrected chi connectivity index (χ0v) is 13.1. The van der Waals surface area contributed by atoms with Crippen LogP contribution in [0.25, 0.3) is 0 Å². The van der Waals surface area contributed by atoms with Crippen LogP contribution in [-0.4, -0.2) is 12.6 Å². The molecule has 3 rings (SSSR count). The number of nitrogens with one attached hydrogen (secondary N) is 1. The van der Waals surface area contributed by atoms with Crippen LogP contribution in [0.4, 0.5) is 0 Å². The standard InChI is InChI=1S/C18H28N2O/c1-13-5-4-6-15(11-13)17(20-19)12-14-9-10-21-18-8-3-2-7-16(14)18/h2-3,7-8,13-15,17,20H,4-6,9-12,19H2,1H3. The van der Waals surface area contributed by atoms with Gasteiger partial charge in [0, 0.05) is 6.04 Å². The Morgan fingerprint density at radius 2 is 2.14 bits per heavy atom. The van der Waals surface area contributed by atoms with E-state index in [0.717, 1.165) is 37.0 Å². The fraction of sp³-hybridized carbons (Fsp3) is 0.667. The van der Waals surface area contributed by atoms with Crippen molar-refractivity contribution in [1.82, 2.24) is 5.43 Å². The summed E-state index contributed by atoms with van der Waals surface area (Å²) in [5.41, 5.74) is 4.50. The molecule has 0 spiro atoms. The van der Waals surface area contributed by atoms with Crippen molar-refractivity contribution in [3.05, 3.63) is 29.8 Å². The summed E-state index contributed by atoms with van der Waals surface area (Å²) in [7, 11) is 0. The summed E-state index contributed by atoms with van der Waals surface area (Å²) in [5, 5.41) is 0. The van der Waals surface area contributed by atoms with Crippen LogP contribution in [0.15, 0.2) is 24.3 Å². The van der Waals surface area contributed by atoms with Gasteiger partial charge in [-0.1, -0.05) is 38.0 Å². The smallest absolute Gasteiger partial charge is 0.122 e. The van der Waals surface area contributed by atoms with Gasteiger partial charge in [-0.15, -0.1) is 0 Å².